The van der Waals surface area contributed by atoms with Gasteiger partial charge in [0.15, 0.2) is 17.5 Å². The Hall–Kier alpha value is -8.77. The lowest BCUT2D eigenvalue weighted by atomic mass is 9.87. The summed E-state index contributed by atoms with van der Waals surface area (Å²) in [4.78, 5) is 15.7. The predicted molar refractivity (Wildman–Crippen MR) is 253 cm³/mol. The first-order chi connectivity index (χ1) is 30.6. The van der Waals surface area contributed by atoms with Crippen LogP contribution in [-0.2, 0) is 0 Å². The minimum Gasteiger partial charge on any atom is -0.208 e. The van der Waals surface area contributed by atoms with E-state index in [4.69, 9.17) is 15.0 Å². The van der Waals surface area contributed by atoms with Gasteiger partial charge in [0, 0.05) is 16.7 Å². The van der Waals surface area contributed by atoms with E-state index in [0.29, 0.717) is 28.6 Å². The fourth-order valence-corrected chi connectivity index (χ4v) is 9.30. The van der Waals surface area contributed by atoms with E-state index in [2.05, 4.69) is 127 Å². The van der Waals surface area contributed by atoms with Crippen LogP contribution < -0.4 is 0 Å². The van der Waals surface area contributed by atoms with Crippen molar-refractivity contribution in [1.29, 1.82) is 10.5 Å². The lowest BCUT2D eigenvalue weighted by Crippen LogP contribution is -2.00. The third-order valence-corrected chi connectivity index (χ3v) is 12.3. The molecule has 12 rings (SSSR count). The maximum Gasteiger partial charge on any atom is 0.164 e. The van der Waals surface area contributed by atoms with E-state index in [-0.39, 0.29) is 0 Å². The summed E-state index contributed by atoms with van der Waals surface area (Å²) < 4.78 is 0. The maximum absolute atomic E-state index is 9.42. The molecule has 0 aliphatic heterocycles. The zero-order valence-corrected chi connectivity index (χ0v) is 33.1. The smallest absolute Gasteiger partial charge is 0.164 e. The van der Waals surface area contributed by atoms with E-state index in [9.17, 15) is 10.5 Å². The summed E-state index contributed by atoms with van der Waals surface area (Å²) in [6.45, 7) is 0. The van der Waals surface area contributed by atoms with Crippen LogP contribution in [0.3, 0.4) is 0 Å². The van der Waals surface area contributed by atoms with E-state index < -0.39 is 0 Å². The Labute approximate surface area is 356 Å². The Morgan fingerprint density at radius 2 is 0.661 bits per heavy atom. The highest BCUT2D eigenvalue weighted by Gasteiger charge is 2.19. The van der Waals surface area contributed by atoms with Gasteiger partial charge in [-0.1, -0.05) is 146 Å². The second kappa shape index (κ2) is 13.9. The second-order valence-corrected chi connectivity index (χ2v) is 15.8. The number of hydrogen-bond donors (Lipinski definition) is 0. The number of rotatable bonds is 5. The standard InChI is InChI=1S/C57H31N5/c58-32-34-13-17-36(18-14-34)37-21-26-42(27-22-37)55-60-56(45-9-1-8-43(29-45)38-19-15-35(33-59)16-20-38)62-57(61-55)46-30-44-28-25-41-6-3-11-48-47-10-2-5-39-23-24-40-7-4-12-49(53(40)51(39)47)50(31-46)54(44)52(41)48/h1-31H. The molecule has 0 unspecified atom stereocenters. The molecule has 0 bridgehead atoms. The first-order valence-electron chi connectivity index (χ1n) is 20.5. The average molecular weight is 786 g/mol. The van der Waals surface area contributed by atoms with E-state index in [1.807, 2.05) is 72.8 Å². The predicted octanol–water partition coefficient (Wildman–Crippen LogP) is 14.3. The van der Waals surface area contributed by atoms with Crippen molar-refractivity contribution in [2.45, 2.75) is 0 Å². The second-order valence-electron chi connectivity index (χ2n) is 15.8. The van der Waals surface area contributed by atoms with Crippen LogP contribution in [0.2, 0.25) is 0 Å². The Morgan fingerprint density at radius 1 is 0.274 bits per heavy atom. The van der Waals surface area contributed by atoms with E-state index in [0.717, 1.165) is 49.7 Å². The van der Waals surface area contributed by atoms with Gasteiger partial charge in [0.1, 0.15) is 0 Å². The van der Waals surface area contributed by atoms with Gasteiger partial charge in [0.25, 0.3) is 0 Å². The summed E-state index contributed by atoms with van der Waals surface area (Å²) in [5.74, 6) is 1.69. The van der Waals surface area contributed by atoms with Crippen molar-refractivity contribution >= 4 is 64.6 Å². The molecule has 0 saturated carbocycles. The molecule has 1 aromatic heterocycles. The van der Waals surface area contributed by atoms with Crippen LogP contribution in [0.15, 0.2) is 188 Å². The van der Waals surface area contributed by atoms with Crippen molar-refractivity contribution in [3.8, 4) is 68.6 Å². The summed E-state index contributed by atoms with van der Waals surface area (Å²) >= 11 is 0. The van der Waals surface area contributed by atoms with Gasteiger partial charge in [-0.2, -0.15) is 10.5 Å². The van der Waals surface area contributed by atoms with Crippen LogP contribution in [0.25, 0.3) is 121 Å². The number of nitriles is 2. The van der Waals surface area contributed by atoms with Crippen molar-refractivity contribution < 1.29 is 0 Å². The van der Waals surface area contributed by atoms with Gasteiger partial charge in [0.05, 0.1) is 23.3 Å². The number of nitrogens with zero attached hydrogens (tertiary/aromatic N) is 5. The van der Waals surface area contributed by atoms with Gasteiger partial charge in [-0.3, -0.25) is 0 Å². The highest BCUT2D eigenvalue weighted by Crippen LogP contribution is 2.44. The largest absolute Gasteiger partial charge is 0.208 e. The van der Waals surface area contributed by atoms with Gasteiger partial charge in [-0.25, -0.2) is 15.0 Å². The first-order valence-corrected chi connectivity index (χ1v) is 20.5. The zero-order chi connectivity index (χ0) is 41.3. The van der Waals surface area contributed by atoms with E-state index in [1.54, 1.807) is 0 Å². The Kier molecular flexibility index (Phi) is 7.90. The van der Waals surface area contributed by atoms with E-state index >= 15 is 0 Å². The zero-order valence-electron chi connectivity index (χ0n) is 33.1. The molecular weight excluding hydrogens is 755 g/mol. The minimum absolute atomic E-state index is 0.557. The molecule has 12 aromatic rings. The van der Waals surface area contributed by atoms with Crippen molar-refractivity contribution in [2.75, 3.05) is 0 Å². The first kappa shape index (κ1) is 35.2. The lowest BCUT2D eigenvalue weighted by Gasteiger charge is -2.17. The topological polar surface area (TPSA) is 86.2 Å². The molecule has 0 N–H and O–H groups in total. The molecule has 0 amide bonds. The molecule has 0 atom stereocenters. The van der Waals surface area contributed by atoms with Gasteiger partial charge >= 0.3 is 0 Å². The molecule has 1 heterocycles. The van der Waals surface area contributed by atoms with Crippen molar-refractivity contribution in [3.63, 3.8) is 0 Å². The van der Waals surface area contributed by atoms with Crippen LogP contribution in [0.5, 0.6) is 0 Å². The molecule has 62 heavy (non-hydrogen) atoms. The van der Waals surface area contributed by atoms with E-state index in [1.165, 1.54) is 53.9 Å². The number of aromatic nitrogens is 3. The van der Waals surface area contributed by atoms with Gasteiger partial charge in [-0.05, 0) is 129 Å². The summed E-state index contributed by atoms with van der Waals surface area (Å²) in [5, 5.41) is 33.2. The molecule has 0 aliphatic rings. The van der Waals surface area contributed by atoms with Crippen molar-refractivity contribution in [2.24, 2.45) is 0 Å². The third kappa shape index (κ3) is 5.65. The summed E-state index contributed by atoms with van der Waals surface area (Å²) in [6.07, 6.45) is 0. The van der Waals surface area contributed by atoms with Crippen molar-refractivity contribution in [1.82, 2.24) is 15.0 Å². The Balaban J connectivity index is 1.12. The van der Waals surface area contributed by atoms with Crippen molar-refractivity contribution in [3.05, 3.63) is 199 Å². The summed E-state index contributed by atoms with van der Waals surface area (Å²) in [6, 6.07) is 69.5. The van der Waals surface area contributed by atoms with Crippen LogP contribution in [-0.4, -0.2) is 15.0 Å². The number of benzene rings is 10. The van der Waals surface area contributed by atoms with Gasteiger partial charge in [-0.15, -0.1) is 0 Å². The normalized spacial score (nSPS) is 11.5. The Morgan fingerprint density at radius 3 is 1.19 bits per heavy atom. The molecule has 0 saturated heterocycles. The monoisotopic (exact) mass is 785 g/mol. The van der Waals surface area contributed by atoms with Gasteiger partial charge in [0.2, 0.25) is 0 Å². The van der Waals surface area contributed by atoms with Crippen LogP contribution in [0.4, 0.5) is 0 Å². The highest BCUT2D eigenvalue weighted by atomic mass is 15.0. The molecule has 0 fully saturated rings. The fraction of sp³-hybridized carbons (Fsp3) is 0. The molecule has 0 aliphatic carbocycles. The number of fused-ring (bicyclic) bond motifs is 2. The lowest BCUT2D eigenvalue weighted by molar-refractivity contribution is 1.07. The van der Waals surface area contributed by atoms with Crippen LogP contribution in [0.1, 0.15) is 11.1 Å². The molecule has 0 spiro atoms. The van der Waals surface area contributed by atoms with Crippen LogP contribution in [0, 0.1) is 22.7 Å². The molecule has 11 aromatic carbocycles. The summed E-state index contributed by atoms with van der Waals surface area (Å²) in [5.41, 5.74) is 7.88. The SMILES string of the molecule is N#Cc1ccc(-c2ccc(-c3nc(-c4cccc(-c5ccc(C#N)cc5)c4)nc(-c4cc5ccc6cccc7c8cccc9ccc%10cccc(c(c4)c5c67)c%10c98)n3)cc2)cc1. The third-order valence-electron chi connectivity index (χ3n) is 12.3. The Bertz CT molecular complexity index is 3850. The molecule has 0 radical (unpaired) electrons. The quantitative estimate of drug-likeness (QED) is 0.162. The summed E-state index contributed by atoms with van der Waals surface area (Å²) in [7, 11) is 0. The molecule has 5 heteroatoms. The molecule has 5 nitrogen and oxygen atoms in total. The fourth-order valence-electron chi connectivity index (χ4n) is 9.30. The van der Waals surface area contributed by atoms with Gasteiger partial charge < -0.3 is 0 Å². The van der Waals surface area contributed by atoms with Crippen LogP contribution >= 0.6 is 0 Å². The minimum atomic E-state index is 0.557. The maximum atomic E-state index is 9.42. The number of hydrogen-bond acceptors (Lipinski definition) is 5. The highest BCUT2D eigenvalue weighted by molar-refractivity contribution is 6.37. The average Bonchev–Trinajstić information content (AvgIpc) is 3.35. The molecular formula is C57H31N5. The molecule has 284 valence electrons.